The predicted octanol–water partition coefficient (Wildman–Crippen LogP) is -0.0612. The van der Waals surface area contributed by atoms with Gasteiger partial charge in [-0.1, -0.05) is 0 Å². The molecule has 1 saturated heterocycles. The van der Waals surface area contributed by atoms with Crippen LogP contribution in [0.3, 0.4) is 0 Å². The first kappa shape index (κ1) is 6.75. The normalized spacial score (nSPS) is 26.2. The number of hydrogen-bond acceptors (Lipinski definition) is 1. The Kier molecular flexibility index (Phi) is 2.22. The summed E-state index contributed by atoms with van der Waals surface area (Å²) in [5.74, 6) is 0.778. The zero-order valence-corrected chi connectivity index (χ0v) is 6.22. The summed E-state index contributed by atoms with van der Waals surface area (Å²) in [4.78, 5) is 0. The molecule has 1 aliphatic rings. The topological polar surface area (TPSA) is 15.0 Å². The van der Waals surface area contributed by atoms with Gasteiger partial charge in [0.25, 0.3) is 0 Å². The Morgan fingerprint density at radius 3 is 2.78 bits per heavy atom. The Balaban J connectivity index is 2.35. The second kappa shape index (κ2) is 2.97. The van der Waals surface area contributed by atoms with Crippen LogP contribution in [0.25, 0.3) is 0 Å². The van der Waals surface area contributed by atoms with Crippen LogP contribution in [0.5, 0.6) is 0 Å². The third-order valence-electron chi connectivity index (χ3n) is 1.61. The summed E-state index contributed by atoms with van der Waals surface area (Å²) >= 11 is 0. The van der Waals surface area contributed by atoms with E-state index in [0.717, 1.165) is 12.5 Å². The number of nitrogens with one attached hydrogen (secondary N) is 1. The van der Waals surface area contributed by atoms with E-state index < -0.39 is 0 Å². The van der Waals surface area contributed by atoms with Gasteiger partial charge in [0.05, 0.1) is 0 Å². The van der Waals surface area contributed by atoms with Crippen LogP contribution in [0.1, 0.15) is 6.42 Å². The van der Waals surface area contributed by atoms with Crippen molar-refractivity contribution in [3.8, 4) is 0 Å². The maximum absolute atomic E-state index is 3.32. The molecule has 0 saturated carbocycles. The van der Waals surface area contributed by atoms with Gasteiger partial charge < -0.3 is 5.32 Å². The van der Waals surface area contributed by atoms with Crippen molar-refractivity contribution in [2.75, 3.05) is 27.2 Å². The van der Waals surface area contributed by atoms with E-state index in [1.165, 1.54) is 13.0 Å². The molecule has 0 bridgehead atoms. The molecule has 1 aliphatic heterocycles. The van der Waals surface area contributed by atoms with Crippen LogP contribution in [-0.2, 0) is 0 Å². The molecule has 52 valence electrons. The van der Waals surface area contributed by atoms with Gasteiger partial charge in [-0.15, -0.1) is 0 Å². The molecule has 0 aromatic carbocycles. The molecule has 2 heteroatoms. The van der Waals surface area contributed by atoms with Crippen molar-refractivity contribution in [3.63, 3.8) is 0 Å². The largest absolute Gasteiger partial charge is 0.316 e. The summed E-state index contributed by atoms with van der Waals surface area (Å²) in [7, 11) is 4.16. The molecular formula is C7H15N2+. The molecular weight excluding hydrogens is 112 g/mol. The van der Waals surface area contributed by atoms with Crippen LogP contribution >= 0.6 is 0 Å². The van der Waals surface area contributed by atoms with Gasteiger partial charge in [-0.2, -0.15) is 0 Å². The summed E-state index contributed by atoms with van der Waals surface area (Å²) in [5.41, 5.74) is 0. The second-order valence-electron chi connectivity index (χ2n) is 2.87. The highest BCUT2D eigenvalue weighted by atomic mass is 14.9. The molecule has 0 aromatic heterocycles. The van der Waals surface area contributed by atoms with E-state index in [-0.39, 0.29) is 0 Å². The lowest BCUT2D eigenvalue weighted by atomic mass is 10.1. The highest BCUT2D eigenvalue weighted by Gasteiger charge is 2.14. The third-order valence-corrected chi connectivity index (χ3v) is 1.61. The van der Waals surface area contributed by atoms with Crippen molar-refractivity contribution in [1.82, 2.24) is 5.32 Å². The molecule has 0 amide bonds. The van der Waals surface area contributed by atoms with E-state index in [1.807, 2.05) is 0 Å². The molecule has 1 atom stereocenters. The predicted molar refractivity (Wildman–Crippen MR) is 39.1 cm³/mol. The van der Waals surface area contributed by atoms with Gasteiger partial charge in [-0.25, -0.2) is 4.58 Å². The first-order chi connectivity index (χ1) is 4.29. The van der Waals surface area contributed by atoms with Crippen molar-refractivity contribution < 1.29 is 4.58 Å². The van der Waals surface area contributed by atoms with E-state index in [4.69, 9.17) is 0 Å². The first-order valence-electron chi connectivity index (χ1n) is 3.51. The first-order valence-corrected chi connectivity index (χ1v) is 3.51. The van der Waals surface area contributed by atoms with Gasteiger partial charge in [0.15, 0.2) is 0 Å². The lowest BCUT2D eigenvalue weighted by molar-refractivity contribution is -0.461. The highest BCUT2D eigenvalue weighted by Crippen LogP contribution is 2.02. The zero-order chi connectivity index (χ0) is 6.69. The van der Waals surface area contributed by atoms with Crippen molar-refractivity contribution in [3.05, 3.63) is 0 Å². The lowest BCUT2D eigenvalue weighted by Gasteiger charge is -1.94. The van der Waals surface area contributed by atoms with E-state index in [0.29, 0.717) is 0 Å². The fourth-order valence-electron chi connectivity index (χ4n) is 1.23. The van der Waals surface area contributed by atoms with E-state index in [1.54, 1.807) is 0 Å². The molecule has 0 aliphatic carbocycles. The summed E-state index contributed by atoms with van der Waals surface area (Å²) in [6.07, 6.45) is 3.58. The van der Waals surface area contributed by atoms with Crippen LogP contribution in [0.4, 0.5) is 0 Å². The summed E-state index contributed by atoms with van der Waals surface area (Å²) in [6, 6.07) is 0. The monoisotopic (exact) mass is 127 g/mol. The van der Waals surface area contributed by atoms with E-state index in [2.05, 4.69) is 30.2 Å². The minimum Gasteiger partial charge on any atom is -0.316 e. The van der Waals surface area contributed by atoms with Crippen molar-refractivity contribution in [2.45, 2.75) is 6.42 Å². The minimum atomic E-state index is 0.778. The molecule has 1 N–H and O–H groups in total. The fraction of sp³-hybridized carbons (Fsp3) is 0.857. The molecule has 0 spiro atoms. The average Bonchev–Trinajstić information content (AvgIpc) is 2.15. The smallest absolute Gasteiger partial charge is 0.143 e. The van der Waals surface area contributed by atoms with Gasteiger partial charge in [0, 0.05) is 12.5 Å². The standard InChI is InChI=1S/C7H15N2/c1-9(2)6-7-3-4-8-5-7/h6-8H,3-5H2,1-2H3/q+1. The highest BCUT2D eigenvalue weighted by molar-refractivity contribution is 5.55. The Morgan fingerprint density at radius 1 is 1.56 bits per heavy atom. The van der Waals surface area contributed by atoms with Gasteiger partial charge in [-0.3, -0.25) is 0 Å². The Bertz CT molecular complexity index is 108. The van der Waals surface area contributed by atoms with Crippen LogP contribution < -0.4 is 5.32 Å². The van der Waals surface area contributed by atoms with Crippen molar-refractivity contribution in [1.29, 1.82) is 0 Å². The number of nitrogens with zero attached hydrogens (tertiary/aromatic N) is 1. The molecule has 2 nitrogen and oxygen atoms in total. The number of rotatable bonds is 1. The van der Waals surface area contributed by atoms with Crippen LogP contribution in [0, 0.1) is 5.92 Å². The Morgan fingerprint density at radius 2 is 2.33 bits per heavy atom. The van der Waals surface area contributed by atoms with Gasteiger partial charge in [0.1, 0.15) is 20.3 Å². The van der Waals surface area contributed by atoms with Crippen molar-refractivity contribution in [2.24, 2.45) is 5.92 Å². The maximum atomic E-state index is 3.32. The summed E-state index contributed by atoms with van der Waals surface area (Å²) < 4.78 is 2.14. The Hall–Kier alpha value is -0.370. The average molecular weight is 127 g/mol. The molecule has 0 radical (unpaired) electrons. The molecule has 1 heterocycles. The molecule has 1 fully saturated rings. The second-order valence-corrected chi connectivity index (χ2v) is 2.87. The molecule has 0 aromatic rings. The van der Waals surface area contributed by atoms with Crippen LogP contribution in [0.15, 0.2) is 0 Å². The Labute approximate surface area is 56.6 Å². The quantitative estimate of drug-likeness (QED) is 0.385. The summed E-state index contributed by atoms with van der Waals surface area (Å²) in [6.45, 7) is 2.35. The zero-order valence-electron chi connectivity index (χ0n) is 6.22. The maximum Gasteiger partial charge on any atom is 0.143 e. The van der Waals surface area contributed by atoms with Crippen LogP contribution in [0.2, 0.25) is 0 Å². The molecule has 1 rings (SSSR count). The van der Waals surface area contributed by atoms with Crippen molar-refractivity contribution >= 4 is 6.21 Å². The van der Waals surface area contributed by atoms with Crippen LogP contribution in [-0.4, -0.2) is 38.0 Å². The van der Waals surface area contributed by atoms with Gasteiger partial charge in [0.2, 0.25) is 0 Å². The number of hydrogen-bond donors (Lipinski definition) is 1. The van der Waals surface area contributed by atoms with Gasteiger partial charge >= 0.3 is 0 Å². The lowest BCUT2D eigenvalue weighted by Crippen LogP contribution is -2.13. The third kappa shape index (κ3) is 2.14. The molecule has 1 unspecified atom stereocenters. The summed E-state index contributed by atoms with van der Waals surface area (Å²) in [5, 5.41) is 3.32. The van der Waals surface area contributed by atoms with Gasteiger partial charge in [-0.05, 0) is 13.0 Å². The fourth-order valence-corrected chi connectivity index (χ4v) is 1.23. The SMILES string of the molecule is C[N+](C)=CC1CCNC1. The molecule has 9 heavy (non-hydrogen) atoms. The van der Waals surface area contributed by atoms with E-state index in [9.17, 15) is 0 Å². The minimum absolute atomic E-state index is 0.778. The van der Waals surface area contributed by atoms with E-state index >= 15 is 0 Å².